The van der Waals surface area contributed by atoms with E-state index < -0.39 is 0 Å². The van der Waals surface area contributed by atoms with Gasteiger partial charge in [-0.25, -0.2) is 4.98 Å². The summed E-state index contributed by atoms with van der Waals surface area (Å²) in [6, 6.07) is 0. The van der Waals surface area contributed by atoms with Gasteiger partial charge in [0.05, 0.1) is 6.33 Å². The number of nitrogens with zero attached hydrogens (tertiary/aromatic N) is 3. The molecule has 0 saturated carbocycles. The Morgan fingerprint density at radius 3 is 2.87 bits per heavy atom. The van der Waals surface area contributed by atoms with Crippen molar-refractivity contribution in [3.63, 3.8) is 0 Å². The van der Waals surface area contributed by atoms with Crippen LogP contribution < -0.4 is 0 Å². The van der Waals surface area contributed by atoms with E-state index in [0.29, 0.717) is 24.7 Å². The molecule has 0 aliphatic heterocycles. The zero-order valence-corrected chi connectivity index (χ0v) is 9.87. The van der Waals surface area contributed by atoms with Gasteiger partial charge in [0.2, 0.25) is 0 Å². The highest BCUT2D eigenvalue weighted by atomic mass is 35.5. The van der Waals surface area contributed by atoms with Crippen LogP contribution in [0, 0.1) is 0 Å². The minimum Gasteiger partial charge on any atom is -0.340 e. The summed E-state index contributed by atoms with van der Waals surface area (Å²) >= 11 is 5.60. The quantitative estimate of drug-likeness (QED) is 0.718. The average molecular weight is 230 g/mol. The molecule has 0 spiro atoms. The maximum absolute atomic E-state index is 11.9. The lowest BCUT2D eigenvalue weighted by Crippen LogP contribution is -2.32. The van der Waals surface area contributed by atoms with Gasteiger partial charge in [-0.3, -0.25) is 4.79 Å². The van der Waals surface area contributed by atoms with Crippen molar-refractivity contribution in [1.29, 1.82) is 0 Å². The van der Waals surface area contributed by atoms with E-state index in [1.807, 2.05) is 14.0 Å². The first-order chi connectivity index (χ1) is 7.19. The lowest BCUT2D eigenvalue weighted by molar-refractivity contribution is 0.0759. The minimum absolute atomic E-state index is 0.0248. The maximum Gasteiger partial charge on any atom is 0.274 e. The van der Waals surface area contributed by atoms with E-state index in [1.54, 1.807) is 22.0 Å². The van der Waals surface area contributed by atoms with Crippen LogP contribution in [-0.2, 0) is 7.05 Å². The average Bonchev–Trinajstić information content (AvgIpc) is 2.65. The van der Waals surface area contributed by atoms with Crippen molar-refractivity contribution < 1.29 is 4.79 Å². The fraction of sp³-hybridized carbons (Fsp3) is 0.600. The molecule has 1 rings (SSSR count). The van der Waals surface area contributed by atoms with Crippen LogP contribution in [0.1, 0.15) is 23.8 Å². The highest BCUT2D eigenvalue weighted by Crippen LogP contribution is 2.03. The molecule has 0 fully saturated rings. The minimum atomic E-state index is -0.0248. The number of rotatable bonds is 5. The monoisotopic (exact) mass is 229 g/mol. The van der Waals surface area contributed by atoms with E-state index in [-0.39, 0.29) is 5.91 Å². The predicted octanol–water partition coefficient (Wildman–Crippen LogP) is 1.51. The van der Waals surface area contributed by atoms with Crippen LogP contribution in [-0.4, -0.2) is 39.3 Å². The summed E-state index contributed by atoms with van der Waals surface area (Å²) in [5.74, 6) is 0.551. The third-order valence-corrected chi connectivity index (χ3v) is 2.42. The van der Waals surface area contributed by atoms with Gasteiger partial charge < -0.3 is 9.47 Å². The smallest absolute Gasteiger partial charge is 0.274 e. The summed E-state index contributed by atoms with van der Waals surface area (Å²) in [6.45, 7) is 3.33. The van der Waals surface area contributed by atoms with E-state index >= 15 is 0 Å². The molecule has 4 nitrogen and oxygen atoms in total. The molecule has 15 heavy (non-hydrogen) atoms. The van der Waals surface area contributed by atoms with E-state index in [0.717, 1.165) is 6.42 Å². The molecule has 0 saturated heterocycles. The summed E-state index contributed by atoms with van der Waals surface area (Å²) < 4.78 is 1.77. The second kappa shape index (κ2) is 5.75. The van der Waals surface area contributed by atoms with E-state index in [9.17, 15) is 4.79 Å². The summed E-state index contributed by atoms with van der Waals surface area (Å²) in [6.07, 6.45) is 4.17. The molecule has 0 atom stereocenters. The number of aryl methyl sites for hydroxylation is 1. The van der Waals surface area contributed by atoms with Crippen LogP contribution in [0.25, 0.3) is 0 Å². The molecule has 0 N–H and O–H groups in total. The molecular formula is C10H16ClN3O. The molecule has 1 heterocycles. The predicted molar refractivity (Wildman–Crippen MR) is 60.1 cm³/mol. The lowest BCUT2D eigenvalue weighted by Gasteiger charge is -2.18. The van der Waals surface area contributed by atoms with E-state index in [1.165, 1.54) is 0 Å². The Hall–Kier alpha value is -1.03. The Morgan fingerprint density at radius 1 is 1.67 bits per heavy atom. The number of imidazole rings is 1. The number of carbonyl (C=O) groups is 1. The number of halogens is 1. The molecule has 1 amide bonds. The Morgan fingerprint density at radius 2 is 2.40 bits per heavy atom. The molecule has 0 radical (unpaired) electrons. The van der Waals surface area contributed by atoms with Crippen molar-refractivity contribution in [1.82, 2.24) is 14.5 Å². The molecule has 0 aliphatic carbocycles. The molecule has 84 valence electrons. The standard InChI is InChI=1S/C10H16ClN3O/c1-3-14(6-4-5-11)10(15)9-7-13(2)8-12-9/h7-8H,3-6H2,1-2H3. The Kier molecular flexibility index (Phi) is 4.62. The van der Waals surface area contributed by atoms with Crippen molar-refractivity contribution >= 4 is 17.5 Å². The molecule has 0 aromatic carbocycles. The third kappa shape index (κ3) is 3.23. The van der Waals surface area contributed by atoms with Gasteiger partial charge in [-0.15, -0.1) is 11.6 Å². The maximum atomic E-state index is 11.9. The third-order valence-electron chi connectivity index (χ3n) is 2.15. The van der Waals surface area contributed by atoms with Crippen LogP contribution in [0.5, 0.6) is 0 Å². The zero-order valence-electron chi connectivity index (χ0n) is 9.11. The van der Waals surface area contributed by atoms with Gasteiger partial charge in [0.1, 0.15) is 5.69 Å². The number of carbonyl (C=O) groups excluding carboxylic acids is 1. The van der Waals surface area contributed by atoms with Crippen molar-refractivity contribution in [2.24, 2.45) is 7.05 Å². The SMILES string of the molecule is CCN(CCCCl)C(=O)c1cn(C)cn1. The Bertz CT molecular complexity index is 324. The number of hydrogen-bond donors (Lipinski definition) is 0. The second-order valence-corrected chi connectivity index (χ2v) is 3.73. The number of aromatic nitrogens is 2. The first kappa shape index (κ1) is 12.0. The summed E-state index contributed by atoms with van der Waals surface area (Å²) in [4.78, 5) is 17.7. The normalized spacial score (nSPS) is 10.3. The topological polar surface area (TPSA) is 38.1 Å². The zero-order chi connectivity index (χ0) is 11.3. The molecule has 0 aliphatic rings. The van der Waals surface area contributed by atoms with Gasteiger partial charge in [0, 0.05) is 32.2 Å². The Balaban J connectivity index is 2.64. The molecule has 0 bridgehead atoms. The van der Waals surface area contributed by atoms with E-state index in [2.05, 4.69) is 4.98 Å². The van der Waals surface area contributed by atoms with Gasteiger partial charge in [-0.2, -0.15) is 0 Å². The Labute approximate surface area is 94.8 Å². The van der Waals surface area contributed by atoms with Crippen molar-refractivity contribution in [3.8, 4) is 0 Å². The van der Waals surface area contributed by atoms with E-state index in [4.69, 9.17) is 11.6 Å². The summed E-state index contributed by atoms with van der Waals surface area (Å²) in [5, 5.41) is 0. The van der Waals surface area contributed by atoms with Crippen molar-refractivity contribution in [2.45, 2.75) is 13.3 Å². The first-order valence-corrected chi connectivity index (χ1v) is 5.55. The first-order valence-electron chi connectivity index (χ1n) is 5.02. The van der Waals surface area contributed by atoms with Crippen LogP contribution in [0.4, 0.5) is 0 Å². The number of hydrogen-bond acceptors (Lipinski definition) is 2. The molecular weight excluding hydrogens is 214 g/mol. The van der Waals surface area contributed by atoms with Crippen molar-refractivity contribution in [3.05, 3.63) is 18.2 Å². The lowest BCUT2D eigenvalue weighted by atomic mass is 10.3. The summed E-state index contributed by atoms with van der Waals surface area (Å²) in [5.41, 5.74) is 0.494. The van der Waals surface area contributed by atoms with Gasteiger partial charge in [0.15, 0.2) is 0 Å². The fourth-order valence-electron chi connectivity index (χ4n) is 1.34. The fourth-order valence-corrected chi connectivity index (χ4v) is 1.46. The van der Waals surface area contributed by atoms with Gasteiger partial charge >= 0.3 is 0 Å². The molecule has 5 heteroatoms. The van der Waals surface area contributed by atoms with Gasteiger partial charge in [-0.05, 0) is 13.3 Å². The van der Waals surface area contributed by atoms with Crippen LogP contribution in [0.15, 0.2) is 12.5 Å². The number of amides is 1. The van der Waals surface area contributed by atoms with Gasteiger partial charge in [-0.1, -0.05) is 0 Å². The number of alkyl halides is 1. The van der Waals surface area contributed by atoms with Crippen LogP contribution in [0.3, 0.4) is 0 Å². The second-order valence-electron chi connectivity index (χ2n) is 3.35. The van der Waals surface area contributed by atoms with Crippen LogP contribution in [0.2, 0.25) is 0 Å². The molecule has 1 aromatic rings. The highest BCUT2D eigenvalue weighted by molar-refractivity contribution is 6.17. The summed E-state index contributed by atoms with van der Waals surface area (Å²) in [7, 11) is 1.85. The molecule has 0 unspecified atom stereocenters. The van der Waals surface area contributed by atoms with Crippen LogP contribution >= 0.6 is 11.6 Å². The highest BCUT2D eigenvalue weighted by Gasteiger charge is 2.15. The van der Waals surface area contributed by atoms with Gasteiger partial charge in [0.25, 0.3) is 5.91 Å². The molecule has 1 aromatic heterocycles. The largest absolute Gasteiger partial charge is 0.340 e. The van der Waals surface area contributed by atoms with Crippen molar-refractivity contribution in [2.75, 3.05) is 19.0 Å².